The van der Waals surface area contributed by atoms with Crippen molar-refractivity contribution in [3.8, 4) is 0 Å². The molecule has 0 aliphatic rings. The average Bonchev–Trinajstić information content (AvgIpc) is 3.88. The van der Waals surface area contributed by atoms with E-state index < -0.39 is 0 Å². The van der Waals surface area contributed by atoms with Crippen LogP contribution in [0.4, 0.5) is 51.2 Å². The van der Waals surface area contributed by atoms with Gasteiger partial charge in [-0.1, -0.05) is 127 Å². The third-order valence-electron chi connectivity index (χ3n) is 11.0. The quantitative estimate of drug-likeness (QED) is 0.144. The first-order chi connectivity index (χ1) is 29.3. The summed E-state index contributed by atoms with van der Waals surface area (Å²) in [7, 11) is 0. The predicted octanol–water partition coefficient (Wildman–Crippen LogP) is 16.8. The van der Waals surface area contributed by atoms with Crippen LogP contribution in [0.15, 0.2) is 224 Å². The van der Waals surface area contributed by atoms with Crippen molar-refractivity contribution >= 4 is 114 Å². The Morgan fingerprint density at radius 3 is 1.22 bits per heavy atom. The summed E-state index contributed by atoms with van der Waals surface area (Å²) in [4.78, 5) is 7.27. The van der Waals surface area contributed by atoms with E-state index in [1.165, 1.54) is 40.3 Å². The summed E-state index contributed by atoms with van der Waals surface area (Å²) in [6.07, 6.45) is 0. The van der Waals surface area contributed by atoms with E-state index in [4.69, 9.17) is 0 Å². The van der Waals surface area contributed by atoms with Gasteiger partial charge in [0.1, 0.15) is 0 Å². The Kier molecular flexibility index (Phi) is 8.88. The van der Waals surface area contributed by atoms with Crippen LogP contribution in [-0.2, 0) is 0 Å². The van der Waals surface area contributed by atoms with Gasteiger partial charge in [0.25, 0.3) is 0 Å². The van der Waals surface area contributed by atoms with Crippen LogP contribution in [0.1, 0.15) is 0 Å². The number of anilines is 9. The summed E-state index contributed by atoms with van der Waals surface area (Å²) in [5.41, 5.74) is 10.1. The van der Waals surface area contributed by atoms with Crippen LogP contribution < -0.4 is 14.7 Å². The Morgan fingerprint density at radius 1 is 0.254 bits per heavy atom. The maximum absolute atomic E-state index is 2.46. The monoisotopic (exact) mass is 791 g/mol. The van der Waals surface area contributed by atoms with Gasteiger partial charge < -0.3 is 14.7 Å². The van der Waals surface area contributed by atoms with E-state index in [1.807, 2.05) is 22.7 Å². The zero-order valence-electron chi connectivity index (χ0n) is 32.0. The number of hydrogen-bond donors (Lipinski definition) is 0. The van der Waals surface area contributed by atoms with Crippen molar-refractivity contribution < 1.29 is 0 Å². The lowest BCUT2D eigenvalue weighted by Gasteiger charge is -2.30. The van der Waals surface area contributed by atoms with Crippen molar-refractivity contribution in [2.75, 3.05) is 14.7 Å². The second-order valence-corrected chi connectivity index (χ2v) is 16.7. The van der Waals surface area contributed by atoms with Crippen LogP contribution in [0.3, 0.4) is 0 Å². The molecule has 0 aliphatic carbocycles. The van der Waals surface area contributed by atoms with Crippen molar-refractivity contribution in [1.29, 1.82) is 0 Å². The minimum atomic E-state index is 1.10. The number of fused-ring (bicyclic) bond motifs is 6. The highest BCUT2D eigenvalue weighted by Gasteiger charge is 2.25. The van der Waals surface area contributed by atoms with Gasteiger partial charge in [0.05, 0.1) is 21.8 Å². The summed E-state index contributed by atoms with van der Waals surface area (Å²) < 4.78 is 4.99. The van der Waals surface area contributed by atoms with Crippen molar-refractivity contribution in [3.05, 3.63) is 224 Å². The fraction of sp³-hybridized carbons (Fsp3) is 0. The lowest BCUT2D eigenvalue weighted by molar-refractivity contribution is 1.27. The first-order valence-corrected chi connectivity index (χ1v) is 21.5. The molecule has 0 amide bonds. The third-order valence-corrected chi connectivity index (χ3v) is 13.3. The molecule has 3 nitrogen and oxygen atoms in total. The van der Waals surface area contributed by atoms with Crippen LogP contribution in [0.5, 0.6) is 0 Å². The first kappa shape index (κ1) is 35.0. The average molecular weight is 792 g/mol. The van der Waals surface area contributed by atoms with Gasteiger partial charge >= 0.3 is 0 Å². The molecule has 11 aromatic rings. The number of rotatable bonds is 9. The van der Waals surface area contributed by atoms with Crippen molar-refractivity contribution in [2.24, 2.45) is 0 Å². The smallest absolute Gasteiger partial charge is 0.0640 e. The molecule has 0 radical (unpaired) electrons. The number of thiophene rings is 2. The van der Waals surface area contributed by atoms with Crippen LogP contribution in [0.2, 0.25) is 0 Å². The van der Waals surface area contributed by atoms with Gasteiger partial charge in [0, 0.05) is 69.8 Å². The molecule has 0 unspecified atom stereocenters. The van der Waals surface area contributed by atoms with Crippen LogP contribution in [0.25, 0.3) is 40.3 Å². The lowest BCUT2D eigenvalue weighted by Crippen LogP contribution is -2.13. The van der Waals surface area contributed by atoms with Gasteiger partial charge in [-0.25, -0.2) is 0 Å². The van der Waals surface area contributed by atoms with Gasteiger partial charge in [-0.15, -0.1) is 22.7 Å². The van der Waals surface area contributed by atoms with E-state index in [-0.39, 0.29) is 0 Å². The molecule has 0 bridgehead atoms. The van der Waals surface area contributed by atoms with E-state index in [0.29, 0.717) is 0 Å². The SMILES string of the molecule is c1ccc(N(c2cc(N(c3ccccc3)c3ccccc3)c3c(c2)sc2ccccc23)c2cccc3c2sc2cccc(N(c4ccccc4)c4ccccc4)c23)cc1. The Morgan fingerprint density at radius 2 is 0.661 bits per heavy atom. The van der Waals surface area contributed by atoms with Crippen LogP contribution >= 0.6 is 22.7 Å². The molecule has 5 heteroatoms. The molecule has 0 N–H and O–H groups in total. The highest BCUT2D eigenvalue weighted by atomic mass is 32.1. The number of nitrogens with zero attached hydrogens (tertiary/aromatic N) is 3. The molecule has 9 aromatic carbocycles. The van der Waals surface area contributed by atoms with Gasteiger partial charge in [-0.3, -0.25) is 0 Å². The molecule has 280 valence electrons. The van der Waals surface area contributed by atoms with Crippen molar-refractivity contribution in [1.82, 2.24) is 0 Å². The molecule has 0 saturated carbocycles. The molecular formula is C54H37N3S2. The van der Waals surface area contributed by atoms with Gasteiger partial charge in [0.15, 0.2) is 0 Å². The van der Waals surface area contributed by atoms with Crippen LogP contribution in [-0.4, -0.2) is 0 Å². The largest absolute Gasteiger partial charge is 0.310 e. The second-order valence-electron chi connectivity index (χ2n) is 14.5. The minimum Gasteiger partial charge on any atom is -0.310 e. The Bertz CT molecular complexity index is 3140. The molecule has 2 heterocycles. The molecule has 2 aromatic heterocycles. The summed E-state index contributed by atoms with van der Waals surface area (Å²) >= 11 is 3.72. The van der Waals surface area contributed by atoms with Gasteiger partial charge in [-0.05, 0) is 97.1 Å². The topological polar surface area (TPSA) is 9.72 Å². The zero-order chi connectivity index (χ0) is 39.1. The Hall–Kier alpha value is -7.18. The molecule has 0 spiro atoms. The summed E-state index contributed by atoms with van der Waals surface area (Å²) in [5, 5.41) is 4.99. The Labute approximate surface area is 351 Å². The standard InChI is InChI=1S/C54H37N3S2/c1-6-20-38(21-7-1)55(39-22-8-2-9-23-39)46-32-19-35-50-53(46)45-31-18-33-47(54(45)59-50)57(42-28-14-5-15-29-42)43-36-48(52-44-30-16-17-34-49(44)58-51(52)37-43)56(40-24-10-3-11-25-40)41-26-12-4-13-27-41/h1-37H. The molecule has 0 atom stereocenters. The van der Waals surface area contributed by atoms with Crippen molar-refractivity contribution in [2.45, 2.75) is 0 Å². The molecule has 0 fully saturated rings. The lowest BCUT2D eigenvalue weighted by atomic mass is 10.0. The summed E-state index contributed by atoms with van der Waals surface area (Å²) in [6, 6.07) is 80.9. The molecule has 59 heavy (non-hydrogen) atoms. The number of para-hydroxylation sites is 5. The third kappa shape index (κ3) is 6.20. The fourth-order valence-electron chi connectivity index (χ4n) is 8.47. The highest BCUT2D eigenvalue weighted by Crippen LogP contribution is 2.52. The highest BCUT2D eigenvalue weighted by molar-refractivity contribution is 7.26. The van der Waals surface area contributed by atoms with E-state index in [0.717, 1.165) is 51.2 Å². The minimum absolute atomic E-state index is 1.10. The number of hydrogen-bond acceptors (Lipinski definition) is 5. The number of benzene rings is 9. The van der Waals surface area contributed by atoms with Crippen molar-refractivity contribution in [3.63, 3.8) is 0 Å². The molecule has 0 saturated heterocycles. The Balaban J connectivity index is 1.19. The maximum Gasteiger partial charge on any atom is 0.0640 e. The van der Waals surface area contributed by atoms with E-state index in [9.17, 15) is 0 Å². The van der Waals surface area contributed by atoms with Crippen LogP contribution in [0, 0.1) is 0 Å². The van der Waals surface area contributed by atoms with E-state index in [2.05, 4.69) is 239 Å². The normalized spacial score (nSPS) is 11.4. The fourth-order valence-corrected chi connectivity index (χ4v) is 10.9. The molecule has 11 rings (SSSR count). The summed E-state index contributed by atoms with van der Waals surface area (Å²) in [6.45, 7) is 0. The van der Waals surface area contributed by atoms with E-state index >= 15 is 0 Å². The predicted molar refractivity (Wildman–Crippen MR) is 256 cm³/mol. The van der Waals surface area contributed by atoms with Gasteiger partial charge in [0.2, 0.25) is 0 Å². The maximum atomic E-state index is 2.46. The zero-order valence-corrected chi connectivity index (χ0v) is 33.7. The first-order valence-electron chi connectivity index (χ1n) is 19.9. The molecule has 0 aliphatic heterocycles. The summed E-state index contributed by atoms with van der Waals surface area (Å²) in [5.74, 6) is 0. The second kappa shape index (κ2) is 15.0. The van der Waals surface area contributed by atoms with E-state index in [1.54, 1.807) is 0 Å². The molecular weight excluding hydrogens is 755 g/mol. The van der Waals surface area contributed by atoms with Gasteiger partial charge in [-0.2, -0.15) is 0 Å².